The Morgan fingerprint density at radius 1 is 0.606 bits per heavy atom. The van der Waals surface area contributed by atoms with Crippen molar-refractivity contribution in [1.82, 2.24) is 0 Å². The second kappa shape index (κ2) is 8.02. The molecule has 4 rings (SSSR count). The molecule has 0 spiro atoms. The number of benzene rings is 4. The third-order valence-corrected chi connectivity index (χ3v) is 6.99. The van der Waals surface area contributed by atoms with E-state index in [0.29, 0.717) is 0 Å². The van der Waals surface area contributed by atoms with Crippen molar-refractivity contribution in [3.8, 4) is 16.9 Å². The predicted molar refractivity (Wildman–Crippen MR) is 148 cm³/mol. The minimum Gasteiger partial charge on any atom is -0.544 e. The predicted octanol–water partition coefficient (Wildman–Crippen LogP) is 9.47. The molecule has 1 nitrogen and oxygen atoms in total. The highest BCUT2D eigenvalue weighted by atomic mass is 28.4. The van der Waals surface area contributed by atoms with E-state index in [9.17, 15) is 0 Å². The van der Waals surface area contributed by atoms with E-state index in [0.717, 1.165) is 5.75 Å². The number of hydrogen-bond donors (Lipinski definition) is 0. The minimum absolute atomic E-state index is 0.0363. The van der Waals surface area contributed by atoms with Crippen LogP contribution in [0.3, 0.4) is 0 Å². The van der Waals surface area contributed by atoms with Gasteiger partial charge >= 0.3 is 0 Å². The van der Waals surface area contributed by atoms with Gasteiger partial charge in [-0.05, 0) is 92.5 Å². The Hall–Kier alpha value is -2.58. The van der Waals surface area contributed by atoms with Gasteiger partial charge in [0.2, 0.25) is 8.32 Å². The Labute approximate surface area is 200 Å². The molecule has 0 atom stereocenters. The molecule has 0 aromatic heterocycles. The maximum absolute atomic E-state index is 6.82. The van der Waals surface area contributed by atoms with Crippen molar-refractivity contribution < 1.29 is 4.43 Å². The van der Waals surface area contributed by atoms with Gasteiger partial charge in [-0.2, -0.15) is 0 Å². The normalized spacial score (nSPS) is 13.0. The summed E-state index contributed by atoms with van der Waals surface area (Å²) in [6.07, 6.45) is 0. The molecule has 0 saturated carbocycles. The van der Waals surface area contributed by atoms with Crippen LogP contribution in [0.1, 0.15) is 52.7 Å². The summed E-state index contributed by atoms with van der Waals surface area (Å²) in [4.78, 5) is 0. The molecule has 2 heteroatoms. The van der Waals surface area contributed by atoms with Gasteiger partial charge in [0.25, 0.3) is 0 Å². The maximum atomic E-state index is 6.82. The van der Waals surface area contributed by atoms with E-state index in [1.54, 1.807) is 0 Å². The number of fused-ring (bicyclic) bond motifs is 2. The minimum atomic E-state index is -1.80. The first-order valence-electron chi connectivity index (χ1n) is 12.0. The van der Waals surface area contributed by atoms with Crippen molar-refractivity contribution >= 4 is 29.9 Å². The molecule has 0 unspecified atom stereocenters. The first kappa shape index (κ1) is 23.6. The summed E-state index contributed by atoms with van der Waals surface area (Å²) in [6, 6.07) is 24.7. The van der Waals surface area contributed by atoms with Crippen LogP contribution in [-0.4, -0.2) is 8.32 Å². The Kier molecular flexibility index (Phi) is 5.73. The zero-order valence-corrected chi connectivity index (χ0v) is 22.8. The van der Waals surface area contributed by atoms with Crippen LogP contribution < -0.4 is 4.43 Å². The molecule has 0 fully saturated rings. The SMILES string of the molecule is CC(C)(C)c1cc(-c2c3ccccc3cc3ccccc23)cc(C(C)(C)C)c1O[Si](C)(C)C. The fourth-order valence-electron chi connectivity index (χ4n) is 4.63. The standard InChI is InChI=1S/C31H38OSi/c1-30(2,3)26-19-23(20-27(31(4,5)6)29(26)32-33(7,8)9)28-24-16-12-10-14-21(24)18-22-15-11-13-17-25(22)28/h10-20H,1-9H3. The first-order chi connectivity index (χ1) is 15.3. The van der Waals surface area contributed by atoms with Gasteiger partial charge in [0.05, 0.1) is 0 Å². The molecular weight excluding hydrogens is 416 g/mol. The highest BCUT2D eigenvalue weighted by Crippen LogP contribution is 2.46. The smallest absolute Gasteiger partial charge is 0.242 e. The molecule has 0 heterocycles. The molecule has 0 N–H and O–H groups in total. The quantitative estimate of drug-likeness (QED) is 0.221. The summed E-state index contributed by atoms with van der Waals surface area (Å²) in [5.41, 5.74) is 5.12. The lowest BCUT2D eigenvalue weighted by Crippen LogP contribution is -2.32. The zero-order valence-electron chi connectivity index (χ0n) is 21.8. The van der Waals surface area contributed by atoms with Crippen LogP contribution in [0.4, 0.5) is 0 Å². The summed E-state index contributed by atoms with van der Waals surface area (Å²) in [5, 5.41) is 5.16. The number of rotatable bonds is 3. The Morgan fingerprint density at radius 3 is 1.42 bits per heavy atom. The molecule has 0 aliphatic heterocycles. The summed E-state index contributed by atoms with van der Waals surface area (Å²) in [7, 11) is -1.80. The van der Waals surface area contributed by atoms with Gasteiger partial charge in [0.15, 0.2) is 0 Å². The van der Waals surface area contributed by atoms with Gasteiger partial charge in [-0.15, -0.1) is 0 Å². The zero-order chi connectivity index (χ0) is 24.2. The summed E-state index contributed by atoms with van der Waals surface area (Å²) < 4.78 is 6.82. The highest BCUT2D eigenvalue weighted by molar-refractivity contribution is 6.70. The van der Waals surface area contributed by atoms with Crippen LogP contribution >= 0.6 is 0 Å². The highest BCUT2D eigenvalue weighted by Gasteiger charge is 2.31. The molecule has 0 amide bonds. The van der Waals surface area contributed by atoms with E-state index in [-0.39, 0.29) is 10.8 Å². The molecule has 0 saturated heterocycles. The van der Waals surface area contributed by atoms with Crippen molar-refractivity contribution in [3.63, 3.8) is 0 Å². The first-order valence-corrected chi connectivity index (χ1v) is 15.5. The van der Waals surface area contributed by atoms with Crippen LogP contribution in [0.25, 0.3) is 32.7 Å². The maximum Gasteiger partial charge on any atom is 0.242 e. The van der Waals surface area contributed by atoms with Crippen LogP contribution in [0.15, 0.2) is 66.7 Å². The second-order valence-corrected chi connectivity index (χ2v) is 16.7. The van der Waals surface area contributed by atoms with Crippen molar-refractivity contribution in [2.45, 2.75) is 72.0 Å². The largest absolute Gasteiger partial charge is 0.544 e. The van der Waals surface area contributed by atoms with Gasteiger partial charge < -0.3 is 4.43 Å². The van der Waals surface area contributed by atoms with Crippen molar-refractivity contribution in [1.29, 1.82) is 0 Å². The Balaban J connectivity index is 2.17. The summed E-state index contributed by atoms with van der Waals surface area (Å²) >= 11 is 0. The lowest BCUT2D eigenvalue weighted by atomic mass is 9.77. The van der Waals surface area contributed by atoms with E-state index < -0.39 is 8.32 Å². The average Bonchev–Trinajstić information content (AvgIpc) is 2.69. The van der Waals surface area contributed by atoms with E-state index in [4.69, 9.17) is 4.43 Å². The van der Waals surface area contributed by atoms with Gasteiger partial charge in [-0.25, -0.2) is 0 Å². The third-order valence-electron chi connectivity index (χ3n) is 6.17. The summed E-state index contributed by atoms with van der Waals surface area (Å²) in [5.74, 6) is 1.10. The second-order valence-electron chi connectivity index (χ2n) is 12.3. The summed E-state index contributed by atoms with van der Waals surface area (Å²) in [6.45, 7) is 20.6. The van der Waals surface area contributed by atoms with Crippen molar-refractivity contribution in [2.75, 3.05) is 0 Å². The molecule has 172 valence electrons. The van der Waals surface area contributed by atoms with Gasteiger partial charge in [-0.1, -0.05) is 90.1 Å². The molecule has 0 aliphatic carbocycles. The molecule has 4 aromatic rings. The molecule has 33 heavy (non-hydrogen) atoms. The fourth-order valence-corrected chi connectivity index (χ4v) is 5.46. The lowest BCUT2D eigenvalue weighted by molar-refractivity contribution is 0.478. The van der Waals surface area contributed by atoms with E-state index in [1.165, 1.54) is 43.8 Å². The molecule has 4 aromatic carbocycles. The van der Waals surface area contributed by atoms with E-state index >= 15 is 0 Å². The molecule has 0 aliphatic rings. The lowest BCUT2D eigenvalue weighted by Gasteiger charge is -2.34. The van der Waals surface area contributed by atoms with Crippen molar-refractivity contribution in [2.24, 2.45) is 0 Å². The average molecular weight is 455 g/mol. The fraction of sp³-hybridized carbons (Fsp3) is 0.355. The third kappa shape index (κ3) is 4.72. The van der Waals surface area contributed by atoms with Crippen LogP contribution in [0.5, 0.6) is 5.75 Å². The van der Waals surface area contributed by atoms with Gasteiger partial charge in [0.1, 0.15) is 5.75 Å². The van der Waals surface area contributed by atoms with E-state index in [1.807, 2.05) is 0 Å². The van der Waals surface area contributed by atoms with Crippen molar-refractivity contribution in [3.05, 3.63) is 77.9 Å². The Morgan fingerprint density at radius 2 is 1.03 bits per heavy atom. The topological polar surface area (TPSA) is 9.23 Å². The van der Waals surface area contributed by atoms with Crippen LogP contribution in [0, 0.1) is 0 Å². The monoisotopic (exact) mass is 454 g/mol. The van der Waals surface area contributed by atoms with Crippen LogP contribution in [-0.2, 0) is 10.8 Å². The van der Waals surface area contributed by atoms with Gasteiger partial charge in [-0.3, -0.25) is 0 Å². The van der Waals surface area contributed by atoms with Gasteiger partial charge in [0, 0.05) is 0 Å². The Bertz CT molecular complexity index is 1240. The molecule has 0 bridgehead atoms. The van der Waals surface area contributed by atoms with Crippen LogP contribution in [0.2, 0.25) is 19.6 Å². The molecular formula is C31H38OSi. The molecule has 0 radical (unpaired) electrons. The van der Waals surface area contributed by atoms with E-state index in [2.05, 4.69) is 128 Å². The number of hydrogen-bond acceptors (Lipinski definition) is 1.